The molecule has 1 amide bonds. The van der Waals surface area contributed by atoms with Gasteiger partial charge in [0.2, 0.25) is 5.91 Å². The van der Waals surface area contributed by atoms with Crippen molar-refractivity contribution in [1.82, 2.24) is 4.72 Å². The zero-order chi connectivity index (χ0) is 21.7. The molecule has 3 rings (SSSR count). The summed E-state index contributed by atoms with van der Waals surface area (Å²) >= 11 is 0. The van der Waals surface area contributed by atoms with Crippen molar-refractivity contribution in [3.05, 3.63) is 77.4 Å². The van der Waals surface area contributed by atoms with Gasteiger partial charge in [0, 0.05) is 0 Å². The van der Waals surface area contributed by atoms with E-state index in [1.807, 2.05) is 50.3 Å². The summed E-state index contributed by atoms with van der Waals surface area (Å²) in [5.74, 6) is -2.73. The zero-order valence-corrected chi connectivity index (χ0v) is 17.8. The topological polar surface area (TPSA) is 89.5 Å². The number of hydrogen-bond donors (Lipinski definition) is 1. The highest BCUT2D eigenvalue weighted by Gasteiger charge is 2.38. The summed E-state index contributed by atoms with van der Waals surface area (Å²) in [5.41, 5.74) is 2.70. The van der Waals surface area contributed by atoms with Crippen LogP contribution in [-0.4, -0.2) is 20.3 Å². The molecule has 2 aromatic rings. The summed E-state index contributed by atoms with van der Waals surface area (Å²) in [4.78, 5) is 25.6. The third-order valence-electron chi connectivity index (χ3n) is 5.18. The fourth-order valence-electron chi connectivity index (χ4n) is 3.42. The van der Waals surface area contributed by atoms with E-state index in [4.69, 9.17) is 4.74 Å². The smallest absolute Gasteiger partial charge is 0.310 e. The van der Waals surface area contributed by atoms with Crippen LogP contribution < -0.4 is 4.72 Å². The minimum atomic E-state index is -4.02. The van der Waals surface area contributed by atoms with Crippen LogP contribution >= 0.6 is 0 Å². The number of nitrogens with one attached hydrogen (secondary N) is 1. The first-order chi connectivity index (χ1) is 14.3. The number of ether oxygens (including phenoxy) is 1. The Kier molecular flexibility index (Phi) is 6.72. The number of hydrogen-bond acceptors (Lipinski definition) is 5. The lowest BCUT2D eigenvalue weighted by molar-refractivity contribution is -0.154. The van der Waals surface area contributed by atoms with Gasteiger partial charge < -0.3 is 4.74 Å². The van der Waals surface area contributed by atoms with Crippen molar-refractivity contribution in [3.8, 4) is 0 Å². The maximum absolute atomic E-state index is 12.9. The van der Waals surface area contributed by atoms with E-state index in [-0.39, 0.29) is 11.5 Å². The molecule has 0 aliphatic heterocycles. The number of amides is 1. The van der Waals surface area contributed by atoms with Crippen LogP contribution in [-0.2, 0) is 31.0 Å². The van der Waals surface area contributed by atoms with E-state index in [9.17, 15) is 18.0 Å². The van der Waals surface area contributed by atoms with Crippen LogP contribution in [0.1, 0.15) is 30.9 Å². The van der Waals surface area contributed by atoms with Gasteiger partial charge in [-0.25, -0.2) is 13.1 Å². The molecule has 0 spiro atoms. The predicted molar refractivity (Wildman–Crippen MR) is 113 cm³/mol. The summed E-state index contributed by atoms with van der Waals surface area (Å²) in [6.45, 7) is 3.81. The minimum absolute atomic E-state index is 0.00716. The lowest BCUT2D eigenvalue weighted by Crippen LogP contribution is -2.42. The molecule has 0 radical (unpaired) electrons. The number of carbonyl (C=O) groups excluding carboxylic acids is 2. The molecule has 158 valence electrons. The van der Waals surface area contributed by atoms with Crippen molar-refractivity contribution in [2.45, 2.75) is 38.2 Å². The van der Waals surface area contributed by atoms with Crippen LogP contribution in [0.25, 0.3) is 0 Å². The Labute approximate surface area is 177 Å². The van der Waals surface area contributed by atoms with Gasteiger partial charge >= 0.3 is 5.97 Å². The monoisotopic (exact) mass is 427 g/mol. The molecule has 0 bridgehead atoms. The number of carbonyl (C=O) groups is 2. The molecule has 2 atom stereocenters. The number of esters is 1. The molecular weight excluding hydrogens is 402 g/mol. The second-order valence-corrected chi connectivity index (χ2v) is 9.26. The molecule has 0 aromatic heterocycles. The zero-order valence-electron chi connectivity index (χ0n) is 17.0. The van der Waals surface area contributed by atoms with Crippen molar-refractivity contribution >= 4 is 21.9 Å². The Morgan fingerprint density at radius 3 is 2.33 bits per heavy atom. The van der Waals surface area contributed by atoms with Gasteiger partial charge in [-0.05, 0) is 44.4 Å². The van der Waals surface area contributed by atoms with Gasteiger partial charge in [0.25, 0.3) is 10.0 Å². The van der Waals surface area contributed by atoms with E-state index in [2.05, 4.69) is 4.72 Å². The van der Waals surface area contributed by atoms with Gasteiger partial charge in [0.05, 0.1) is 16.7 Å². The average molecular weight is 428 g/mol. The Balaban J connectivity index is 1.72. The highest BCUT2D eigenvalue weighted by molar-refractivity contribution is 7.90. The van der Waals surface area contributed by atoms with Crippen LogP contribution in [0.4, 0.5) is 0 Å². The maximum atomic E-state index is 12.9. The number of rotatable bonds is 6. The Bertz CT molecular complexity index is 1040. The van der Waals surface area contributed by atoms with E-state index < -0.39 is 33.7 Å². The van der Waals surface area contributed by atoms with Crippen LogP contribution in [0.3, 0.4) is 0 Å². The normalized spacial score (nSPS) is 18.9. The number of benzene rings is 2. The quantitative estimate of drug-likeness (QED) is 0.563. The molecule has 1 N–H and O–H groups in total. The first-order valence-corrected chi connectivity index (χ1v) is 11.2. The van der Waals surface area contributed by atoms with Crippen molar-refractivity contribution in [1.29, 1.82) is 0 Å². The van der Waals surface area contributed by atoms with Crippen LogP contribution in [0, 0.1) is 18.8 Å². The van der Waals surface area contributed by atoms with Crippen molar-refractivity contribution in [2.24, 2.45) is 11.8 Å². The van der Waals surface area contributed by atoms with E-state index in [0.29, 0.717) is 12.8 Å². The fraction of sp³-hybridized carbons (Fsp3) is 0.304. The summed E-state index contributed by atoms with van der Waals surface area (Å²) in [7, 11) is -4.02. The summed E-state index contributed by atoms with van der Waals surface area (Å²) in [5, 5.41) is 0. The summed E-state index contributed by atoms with van der Waals surface area (Å²) in [6.07, 6.45) is 2.54. The minimum Gasteiger partial charge on any atom is -0.461 e. The van der Waals surface area contributed by atoms with Crippen molar-refractivity contribution < 1.29 is 22.7 Å². The maximum Gasteiger partial charge on any atom is 0.310 e. The Hall–Kier alpha value is -2.93. The molecule has 2 unspecified atom stereocenters. The van der Waals surface area contributed by atoms with Crippen molar-refractivity contribution in [2.75, 3.05) is 0 Å². The molecule has 7 heteroatoms. The van der Waals surface area contributed by atoms with Gasteiger partial charge in [-0.1, -0.05) is 59.7 Å². The third kappa shape index (κ3) is 5.36. The Morgan fingerprint density at radius 2 is 1.67 bits per heavy atom. The van der Waals surface area contributed by atoms with Gasteiger partial charge in [0.1, 0.15) is 6.61 Å². The molecule has 0 saturated heterocycles. The van der Waals surface area contributed by atoms with E-state index in [0.717, 1.165) is 16.7 Å². The summed E-state index contributed by atoms with van der Waals surface area (Å²) < 4.78 is 32.8. The van der Waals surface area contributed by atoms with Crippen LogP contribution in [0.15, 0.2) is 71.1 Å². The van der Waals surface area contributed by atoms with E-state index >= 15 is 0 Å². The average Bonchev–Trinajstić information content (AvgIpc) is 2.72. The molecule has 30 heavy (non-hydrogen) atoms. The second-order valence-electron chi connectivity index (χ2n) is 7.58. The molecule has 0 heterocycles. The third-order valence-corrected chi connectivity index (χ3v) is 6.54. The molecule has 0 fully saturated rings. The van der Waals surface area contributed by atoms with E-state index in [1.165, 1.54) is 12.1 Å². The standard InChI is InChI=1S/C23H25NO5S/c1-16-8-11-19(12-9-16)30(27,28)24-22(25)21-14-17(2)10-13-20(21)23(26)29-15-18-6-4-3-5-7-18/h3-12,20-21H,13-15H2,1-2H3,(H,24,25). The lowest BCUT2D eigenvalue weighted by atomic mass is 9.79. The van der Waals surface area contributed by atoms with E-state index in [1.54, 1.807) is 12.1 Å². The molecule has 6 nitrogen and oxygen atoms in total. The van der Waals surface area contributed by atoms with Crippen LogP contribution in [0.2, 0.25) is 0 Å². The Morgan fingerprint density at radius 1 is 1.00 bits per heavy atom. The van der Waals surface area contributed by atoms with Crippen molar-refractivity contribution in [3.63, 3.8) is 0 Å². The number of allylic oxidation sites excluding steroid dienone is 2. The van der Waals surface area contributed by atoms with Crippen LogP contribution in [0.5, 0.6) is 0 Å². The van der Waals surface area contributed by atoms with Gasteiger partial charge in [0.15, 0.2) is 0 Å². The second kappa shape index (κ2) is 9.26. The molecular formula is C23H25NO5S. The molecule has 1 aliphatic carbocycles. The van der Waals surface area contributed by atoms with Gasteiger partial charge in [-0.3, -0.25) is 9.59 Å². The first kappa shape index (κ1) is 21.8. The fourth-order valence-corrected chi connectivity index (χ4v) is 4.45. The molecule has 2 aromatic carbocycles. The van der Waals surface area contributed by atoms with Gasteiger partial charge in [-0.15, -0.1) is 0 Å². The predicted octanol–water partition coefficient (Wildman–Crippen LogP) is 3.52. The van der Waals surface area contributed by atoms with Gasteiger partial charge in [-0.2, -0.15) is 0 Å². The largest absolute Gasteiger partial charge is 0.461 e. The number of aryl methyl sites for hydroxylation is 1. The SMILES string of the molecule is CC1=CCC(C(=O)OCc2ccccc2)C(C(=O)NS(=O)(=O)c2ccc(C)cc2)C1. The molecule has 0 saturated carbocycles. The highest BCUT2D eigenvalue weighted by Crippen LogP contribution is 2.31. The highest BCUT2D eigenvalue weighted by atomic mass is 32.2. The summed E-state index contributed by atoms with van der Waals surface area (Å²) in [6, 6.07) is 15.5. The number of sulfonamides is 1. The lowest BCUT2D eigenvalue weighted by Gasteiger charge is -2.28. The first-order valence-electron chi connectivity index (χ1n) is 9.76. The molecule has 1 aliphatic rings.